The molecule has 11 heteroatoms. The van der Waals surface area contributed by atoms with Gasteiger partial charge in [-0.25, -0.2) is 9.97 Å². The first-order valence-corrected chi connectivity index (χ1v) is 13.7. The van der Waals surface area contributed by atoms with Gasteiger partial charge in [0.15, 0.2) is 5.78 Å². The molecule has 5 rings (SSSR count). The van der Waals surface area contributed by atoms with Crippen molar-refractivity contribution in [3.63, 3.8) is 0 Å². The molecule has 1 aliphatic carbocycles. The Morgan fingerprint density at radius 1 is 1.14 bits per heavy atom. The van der Waals surface area contributed by atoms with E-state index >= 15 is 0 Å². The van der Waals surface area contributed by atoms with Crippen LogP contribution in [0.25, 0.3) is 22.2 Å². The highest BCUT2D eigenvalue weighted by molar-refractivity contribution is 6.46. The molecule has 1 saturated heterocycles. The lowest BCUT2D eigenvalue weighted by Gasteiger charge is -2.26. The van der Waals surface area contributed by atoms with E-state index in [1.807, 2.05) is 19.0 Å². The third kappa shape index (κ3) is 5.47. The molecule has 0 N–H and O–H groups in total. The molecule has 11 nitrogen and oxygen atoms in total. The molecule has 3 aromatic heterocycles. The summed E-state index contributed by atoms with van der Waals surface area (Å²) in [5.41, 5.74) is 2.18. The lowest BCUT2D eigenvalue weighted by Crippen LogP contribution is -2.46. The van der Waals surface area contributed by atoms with Crippen LogP contribution in [-0.2, 0) is 22.7 Å². The van der Waals surface area contributed by atoms with E-state index in [2.05, 4.69) is 45.1 Å². The van der Waals surface area contributed by atoms with E-state index in [1.54, 1.807) is 47.8 Å². The molecule has 1 amide bonds. The van der Waals surface area contributed by atoms with Crippen molar-refractivity contribution in [1.82, 2.24) is 34.5 Å². The van der Waals surface area contributed by atoms with Crippen LogP contribution < -0.4 is 0 Å². The molecule has 3 atom stereocenters. The molecule has 3 unspecified atom stereocenters. The molecule has 216 valence electrons. The lowest BCUT2D eigenvalue weighted by molar-refractivity contribution is -0.137. The van der Waals surface area contributed by atoms with Crippen LogP contribution >= 0.6 is 0 Å². The minimum Gasteiger partial charge on any atom is -0.327 e. The van der Waals surface area contributed by atoms with E-state index in [1.165, 1.54) is 17.8 Å². The van der Waals surface area contributed by atoms with Gasteiger partial charge in [-0.15, -0.1) is 0 Å². The Bertz CT molecular complexity index is 1650. The number of nitrogens with zero attached hydrogens (tertiary/aromatic N) is 8. The topological polar surface area (TPSA) is 127 Å². The number of carbonyl (C=O) groups is 3. The zero-order valence-electron chi connectivity index (χ0n) is 24.3. The summed E-state index contributed by atoms with van der Waals surface area (Å²) in [6.07, 6.45) is 12.5. The average molecular weight is 567 g/mol. The van der Waals surface area contributed by atoms with Gasteiger partial charge >= 0.3 is 0 Å². The lowest BCUT2D eigenvalue weighted by atomic mass is 9.96. The Balaban J connectivity index is 1.44. The highest BCUT2D eigenvalue weighted by atomic mass is 16.2. The Labute approximate surface area is 244 Å². The maximum absolute atomic E-state index is 13.8. The molecule has 4 heterocycles. The van der Waals surface area contributed by atoms with Crippen molar-refractivity contribution in [2.24, 2.45) is 10.4 Å². The number of fused-ring (bicyclic) bond motifs is 2. The van der Waals surface area contributed by atoms with E-state index in [4.69, 9.17) is 0 Å². The zero-order chi connectivity index (χ0) is 30.2. The number of piperidine rings is 1. The molecular weight excluding hydrogens is 532 g/mol. The van der Waals surface area contributed by atoms with Gasteiger partial charge in [0.2, 0.25) is 11.7 Å². The standard InChI is InChI=1S/C31H34N8O3/c1-7-9-10-22(32-8-2)30(42)24-12-31(4)13-26(31)39(24)28(41)18-38-25-16-33-23(11-21(25)29(36-38)19(3)40)20-14-34-27(35-15-20)17-37(5)6/h7-11,14-16,24,26H,1-2,12-13,17-18H2,3-6H3/b10-9-,32-22+. The summed E-state index contributed by atoms with van der Waals surface area (Å²) < 4.78 is 1.50. The smallest absolute Gasteiger partial charge is 0.245 e. The molecule has 2 fully saturated rings. The van der Waals surface area contributed by atoms with Crippen LogP contribution in [0.4, 0.5) is 0 Å². The van der Waals surface area contributed by atoms with Crippen molar-refractivity contribution < 1.29 is 14.4 Å². The number of pyridine rings is 1. The summed E-state index contributed by atoms with van der Waals surface area (Å²) in [4.78, 5) is 61.1. The van der Waals surface area contributed by atoms with E-state index in [0.29, 0.717) is 41.0 Å². The maximum Gasteiger partial charge on any atom is 0.245 e. The van der Waals surface area contributed by atoms with Gasteiger partial charge in [0.1, 0.15) is 23.8 Å². The monoisotopic (exact) mass is 566 g/mol. The van der Waals surface area contributed by atoms with E-state index in [-0.39, 0.29) is 46.9 Å². The fourth-order valence-electron chi connectivity index (χ4n) is 5.65. The third-order valence-electron chi connectivity index (χ3n) is 7.81. The SMILES string of the molecule is C=C/C=C\C(=N/C=C)C(=O)C1CC2(C)CC2N1C(=O)Cn1nc(C(C)=O)c2cc(-c3cnc(CN(C)C)nc3)ncc21. The van der Waals surface area contributed by atoms with Crippen molar-refractivity contribution in [2.75, 3.05) is 14.1 Å². The summed E-state index contributed by atoms with van der Waals surface area (Å²) in [7, 11) is 3.89. The molecule has 3 aromatic rings. The van der Waals surface area contributed by atoms with Gasteiger partial charge in [-0.1, -0.05) is 32.2 Å². The molecular formula is C31H34N8O3. The molecule has 42 heavy (non-hydrogen) atoms. The van der Waals surface area contributed by atoms with Crippen LogP contribution in [0.5, 0.6) is 0 Å². The fourth-order valence-corrected chi connectivity index (χ4v) is 5.65. The van der Waals surface area contributed by atoms with Crippen molar-refractivity contribution in [2.45, 2.75) is 51.9 Å². The average Bonchev–Trinajstić information content (AvgIpc) is 3.32. The van der Waals surface area contributed by atoms with E-state index < -0.39 is 6.04 Å². The Morgan fingerprint density at radius 3 is 2.52 bits per heavy atom. The number of hydrogen-bond acceptors (Lipinski definition) is 9. The number of amides is 1. The minimum atomic E-state index is -0.649. The summed E-state index contributed by atoms with van der Waals surface area (Å²) in [6.45, 7) is 11.3. The van der Waals surface area contributed by atoms with Gasteiger partial charge in [0.05, 0.1) is 30.0 Å². The van der Waals surface area contributed by atoms with Gasteiger partial charge in [0.25, 0.3) is 0 Å². The van der Waals surface area contributed by atoms with Gasteiger partial charge in [-0.05, 0) is 44.5 Å². The normalized spacial score (nSPS) is 21.6. The van der Waals surface area contributed by atoms with Gasteiger partial charge in [-0.2, -0.15) is 5.10 Å². The molecule has 0 radical (unpaired) electrons. The predicted molar refractivity (Wildman–Crippen MR) is 160 cm³/mol. The van der Waals surface area contributed by atoms with E-state index in [0.717, 1.165) is 6.42 Å². The maximum atomic E-state index is 13.8. The van der Waals surface area contributed by atoms with Gasteiger partial charge in [0, 0.05) is 42.5 Å². The van der Waals surface area contributed by atoms with Crippen molar-refractivity contribution in [3.05, 3.63) is 73.8 Å². The second-order valence-corrected chi connectivity index (χ2v) is 11.3. The summed E-state index contributed by atoms with van der Waals surface area (Å²) in [6, 6.07) is 1.08. The molecule has 2 aliphatic rings. The number of Topliss-reactive ketones (excluding diaryl/α,β-unsaturated/α-hetero) is 2. The number of carbonyl (C=O) groups excluding carboxylic acids is 3. The van der Waals surface area contributed by atoms with Crippen LogP contribution in [0.15, 0.2) is 67.2 Å². The second-order valence-electron chi connectivity index (χ2n) is 11.3. The molecule has 0 aromatic carbocycles. The van der Waals surface area contributed by atoms with Gasteiger partial charge in [-0.3, -0.25) is 29.0 Å². The van der Waals surface area contributed by atoms with Crippen LogP contribution in [0.3, 0.4) is 0 Å². The van der Waals surface area contributed by atoms with E-state index in [9.17, 15) is 14.4 Å². The predicted octanol–water partition coefficient (Wildman–Crippen LogP) is 3.43. The number of aromatic nitrogens is 5. The number of allylic oxidation sites excluding steroid dienone is 3. The second kappa shape index (κ2) is 11.3. The minimum absolute atomic E-state index is 0.0402. The molecule has 1 aliphatic heterocycles. The largest absolute Gasteiger partial charge is 0.327 e. The third-order valence-corrected chi connectivity index (χ3v) is 7.81. The fraction of sp³-hybridized carbons (Fsp3) is 0.355. The molecule has 0 spiro atoms. The van der Waals surface area contributed by atoms with Gasteiger partial charge < -0.3 is 9.80 Å². The summed E-state index contributed by atoms with van der Waals surface area (Å²) >= 11 is 0. The zero-order valence-corrected chi connectivity index (χ0v) is 24.3. The first kappa shape index (κ1) is 28.9. The first-order chi connectivity index (χ1) is 20.1. The Hall–Kier alpha value is -4.64. The van der Waals surface area contributed by atoms with Crippen molar-refractivity contribution in [3.8, 4) is 11.3 Å². The summed E-state index contributed by atoms with van der Waals surface area (Å²) in [5.74, 6) is -0.0387. The van der Waals surface area contributed by atoms with Crippen molar-refractivity contribution >= 4 is 34.1 Å². The highest BCUT2D eigenvalue weighted by Gasteiger charge is 2.64. The number of likely N-dealkylation sites (tertiary alicyclic amines) is 1. The quantitative estimate of drug-likeness (QED) is 0.196. The first-order valence-electron chi connectivity index (χ1n) is 13.7. The van der Waals surface area contributed by atoms with Crippen LogP contribution in [0.2, 0.25) is 0 Å². The highest BCUT2D eigenvalue weighted by Crippen LogP contribution is 2.59. The number of hydrogen-bond donors (Lipinski definition) is 0. The number of aliphatic imine (C=N–C) groups is 1. The number of rotatable bonds is 11. The van der Waals surface area contributed by atoms with Crippen molar-refractivity contribution in [1.29, 1.82) is 0 Å². The Morgan fingerprint density at radius 2 is 1.88 bits per heavy atom. The molecule has 1 saturated carbocycles. The molecule has 0 bridgehead atoms. The van der Waals surface area contributed by atoms with Crippen LogP contribution in [0.1, 0.15) is 43.0 Å². The Kier molecular flexibility index (Phi) is 7.79. The van der Waals surface area contributed by atoms with Crippen LogP contribution in [0, 0.1) is 5.41 Å². The summed E-state index contributed by atoms with van der Waals surface area (Å²) in [5, 5.41) is 5.09. The van der Waals surface area contributed by atoms with Crippen LogP contribution in [-0.4, -0.2) is 83.9 Å². The number of ketones is 2.